The third kappa shape index (κ3) is 4.60. The largest absolute Gasteiger partial charge is 0.381 e. The molecule has 4 nitrogen and oxygen atoms in total. The van der Waals surface area contributed by atoms with Crippen LogP contribution in [0.4, 0.5) is 0 Å². The predicted octanol–water partition coefficient (Wildman–Crippen LogP) is 2.19. The average molecular weight is 276 g/mol. The van der Waals surface area contributed by atoms with Gasteiger partial charge in [-0.3, -0.25) is 9.78 Å². The van der Waals surface area contributed by atoms with Crippen LogP contribution in [0.25, 0.3) is 0 Å². The summed E-state index contributed by atoms with van der Waals surface area (Å²) in [5.41, 5.74) is 1.21. The van der Waals surface area contributed by atoms with Crippen LogP contribution in [0.15, 0.2) is 24.5 Å². The van der Waals surface area contributed by atoms with Crippen molar-refractivity contribution in [3.63, 3.8) is 0 Å². The number of hydrogen-bond donors (Lipinski definition) is 1. The van der Waals surface area contributed by atoms with Crippen LogP contribution >= 0.6 is 0 Å². The van der Waals surface area contributed by atoms with Gasteiger partial charge in [-0.1, -0.05) is 13.8 Å². The lowest BCUT2D eigenvalue weighted by atomic mass is 9.96. The highest BCUT2D eigenvalue weighted by Gasteiger charge is 2.22. The molecule has 1 saturated heterocycles. The van der Waals surface area contributed by atoms with E-state index < -0.39 is 0 Å². The van der Waals surface area contributed by atoms with E-state index in [0.717, 1.165) is 26.1 Å². The summed E-state index contributed by atoms with van der Waals surface area (Å²) < 4.78 is 5.32. The van der Waals surface area contributed by atoms with E-state index in [4.69, 9.17) is 4.74 Å². The van der Waals surface area contributed by atoms with Gasteiger partial charge in [-0.15, -0.1) is 0 Å². The van der Waals surface area contributed by atoms with Crippen molar-refractivity contribution in [3.8, 4) is 0 Å². The van der Waals surface area contributed by atoms with Gasteiger partial charge >= 0.3 is 0 Å². The summed E-state index contributed by atoms with van der Waals surface area (Å²) in [5.74, 6) is 0.948. The molecule has 0 aliphatic carbocycles. The minimum atomic E-state index is 0.147. The molecule has 0 spiro atoms. The summed E-state index contributed by atoms with van der Waals surface area (Å²) in [7, 11) is 0. The second kappa shape index (κ2) is 7.39. The summed E-state index contributed by atoms with van der Waals surface area (Å²) in [4.78, 5) is 16.2. The van der Waals surface area contributed by atoms with Crippen molar-refractivity contribution in [1.82, 2.24) is 10.3 Å². The predicted molar refractivity (Wildman–Crippen MR) is 78.3 cm³/mol. The molecule has 1 aromatic heterocycles. The first-order valence-electron chi connectivity index (χ1n) is 7.41. The number of nitrogens with zero attached hydrogens (tertiary/aromatic N) is 1. The summed E-state index contributed by atoms with van der Waals surface area (Å²) in [5, 5.41) is 3.18. The summed E-state index contributed by atoms with van der Waals surface area (Å²) in [6.45, 7) is 5.81. The van der Waals surface area contributed by atoms with Crippen LogP contribution in [0.2, 0.25) is 0 Å². The van der Waals surface area contributed by atoms with E-state index in [0.29, 0.717) is 18.3 Å². The van der Waals surface area contributed by atoms with Crippen molar-refractivity contribution in [3.05, 3.63) is 30.1 Å². The summed E-state index contributed by atoms with van der Waals surface area (Å²) >= 11 is 0. The highest BCUT2D eigenvalue weighted by molar-refractivity contribution is 5.76. The molecule has 1 fully saturated rings. The molecule has 0 aromatic carbocycles. The van der Waals surface area contributed by atoms with Crippen molar-refractivity contribution in [1.29, 1.82) is 0 Å². The Bertz CT molecular complexity index is 414. The van der Waals surface area contributed by atoms with Crippen molar-refractivity contribution >= 4 is 5.91 Å². The van der Waals surface area contributed by atoms with E-state index in [-0.39, 0.29) is 11.9 Å². The zero-order chi connectivity index (χ0) is 14.4. The second-order valence-corrected chi connectivity index (χ2v) is 5.91. The molecule has 1 aliphatic heterocycles. The quantitative estimate of drug-likeness (QED) is 0.866. The summed E-state index contributed by atoms with van der Waals surface area (Å²) in [6.07, 6.45) is 6.03. The Hall–Kier alpha value is -1.42. The number of amides is 1. The Morgan fingerprint density at radius 3 is 2.80 bits per heavy atom. The molecule has 1 aromatic rings. The summed E-state index contributed by atoms with van der Waals surface area (Å²) in [6, 6.07) is 4.19. The normalized spacial score (nSPS) is 20.1. The first kappa shape index (κ1) is 15.0. The van der Waals surface area contributed by atoms with Gasteiger partial charge < -0.3 is 10.1 Å². The van der Waals surface area contributed by atoms with Crippen LogP contribution in [0.3, 0.4) is 0 Å². The number of aromatic nitrogens is 1. The number of nitrogens with one attached hydrogen (secondary N) is 1. The van der Waals surface area contributed by atoms with Gasteiger partial charge in [0.1, 0.15) is 0 Å². The highest BCUT2D eigenvalue weighted by atomic mass is 16.5. The van der Waals surface area contributed by atoms with Gasteiger partial charge in [0, 0.05) is 38.1 Å². The minimum absolute atomic E-state index is 0.147. The van der Waals surface area contributed by atoms with Crippen molar-refractivity contribution in [2.45, 2.75) is 39.2 Å². The third-order valence-corrected chi connectivity index (χ3v) is 3.85. The maximum Gasteiger partial charge on any atom is 0.220 e. The lowest BCUT2D eigenvalue weighted by Crippen LogP contribution is -2.40. The van der Waals surface area contributed by atoms with Crippen LogP contribution < -0.4 is 5.32 Å². The molecule has 2 heterocycles. The molecule has 20 heavy (non-hydrogen) atoms. The monoisotopic (exact) mass is 276 g/mol. The smallest absolute Gasteiger partial charge is 0.220 e. The number of hydrogen-bond acceptors (Lipinski definition) is 3. The fourth-order valence-corrected chi connectivity index (χ4v) is 2.50. The molecule has 0 bridgehead atoms. The van der Waals surface area contributed by atoms with E-state index in [9.17, 15) is 4.79 Å². The topological polar surface area (TPSA) is 51.2 Å². The van der Waals surface area contributed by atoms with Crippen LogP contribution in [-0.4, -0.2) is 30.1 Å². The second-order valence-electron chi connectivity index (χ2n) is 5.91. The first-order valence-corrected chi connectivity index (χ1v) is 7.41. The maximum atomic E-state index is 12.1. The maximum absolute atomic E-state index is 12.1. The van der Waals surface area contributed by atoms with E-state index in [2.05, 4.69) is 24.1 Å². The Labute approximate surface area is 120 Å². The number of pyridine rings is 1. The third-order valence-electron chi connectivity index (χ3n) is 3.85. The number of carbonyl (C=O) groups excluding carboxylic acids is 1. The molecule has 1 aliphatic rings. The zero-order valence-electron chi connectivity index (χ0n) is 12.3. The highest BCUT2D eigenvalue weighted by Crippen LogP contribution is 2.17. The van der Waals surface area contributed by atoms with E-state index >= 15 is 0 Å². The van der Waals surface area contributed by atoms with E-state index in [1.165, 1.54) is 5.56 Å². The lowest BCUT2D eigenvalue weighted by molar-refractivity contribution is -0.123. The molecular weight excluding hydrogens is 252 g/mol. The van der Waals surface area contributed by atoms with Gasteiger partial charge in [-0.25, -0.2) is 0 Å². The van der Waals surface area contributed by atoms with Crippen LogP contribution in [-0.2, 0) is 16.0 Å². The zero-order valence-corrected chi connectivity index (χ0v) is 12.3. The van der Waals surface area contributed by atoms with Crippen molar-refractivity contribution in [2.75, 3.05) is 13.2 Å². The molecule has 0 radical (unpaired) electrons. The molecule has 2 rings (SSSR count). The molecule has 4 heteroatoms. The molecule has 110 valence electrons. The standard InChI is InChI=1S/C16H24N2O2/c1-12(2)15(9-13-3-6-17-7-4-13)18-16(19)10-14-5-8-20-11-14/h3-4,6-7,12,14-15H,5,8-11H2,1-2H3,(H,18,19)/t14?,15-/m0/s1. The number of rotatable bonds is 6. The fourth-order valence-electron chi connectivity index (χ4n) is 2.50. The molecule has 2 atom stereocenters. The Morgan fingerprint density at radius 2 is 2.20 bits per heavy atom. The first-order chi connectivity index (χ1) is 9.65. The minimum Gasteiger partial charge on any atom is -0.381 e. The van der Waals surface area contributed by atoms with Gasteiger partial charge in [-0.05, 0) is 42.4 Å². The fraction of sp³-hybridized carbons (Fsp3) is 0.625. The molecular formula is C16H24N2O2. The SMILES string of the molecule is CC(C)[C@H](Cc1ccncc1)NC(=O)CC1CCOC1. The molecule has 1 N–H and O–H groups in total. The number of carbonyl (C=O) groups is 1. The van der Waals surface area contributed by atoms with Gasteiger partial charge in [-0.2, -0.15) is 0 Å². The van der Waals surface area contributed by atoms with E-state index in [1.54, 1.807) is 12.4 Å². The number of ether oxygens (including phenoxy) is 1. The van der Waals surface area contributed by atoms with Gasteiger partial charge in [0.05, 0.1) is 0 Å². The van der Waals surface area contributed by atoms with Crippen LogP contribution in [0.5, 0.6) is 0 Å². The van der Waals surface area contributed by atoms with Crippen molar-refractivity contribution < 1.29 is 9.53 Å². The Morgan fingerprint density at radius 1 is 1.45 bits per heavy atom. The van der Waals surface area contributed by atoms with Crippen LogP contribution in [0, 0.1) is 11.8 Å². The average Bonchev–Trinajstić information content (AvgIpc) is 2.92. The molecule has 1 amide bonds. The molecule has 1 unspecified atom stereocenters. The lowest BCUT2D eigenvalue weighted by Gasteiger charge is -2.23. The Balaban J connectivity index is 1.86. The molecule has 0 saturated carbocycles. The van der Waals surface area contributed by atoms with Gasteiger partial charge in [0.25, 0.3) is 0 Å². The van der Waals surface area contributed by atoms with Crippen LogP contribution in [0.1, 0.15) is 32.3 Å². The Kier molecular flexibility index (Phi) is 5.53. The van der Waals surface area contributed by atoms with Gasteiger partial charge in [0.2, 0.25) is 5.91 Å². The van der Waals surface area contributed by atoms with E-state index in [1.807, 2.05) is 12.1 Å². The van der Waals surface area contributed by atoms with Gasteiger partial charge in [0.15, 0.2) is 0 Å². The van der Waals surface area contributed by atoms with Crippen molar-refractivity contribution in [2.24, 2.45) is 11.8 Å².